The standard InChI is InChI=1S/C14H28N2/c1-15-10-4-5-11-16-12-6-9-14(16)13-7-2-3-8-13/h13-15H,2-12H2,1H3. The molecule has 0 radical (unpaired) electrons. The first-order valence-electron chi connectivity index (χ1n) is 7.30. The summed E-state index contributed by atoms with van der Waals surface area (Å²) in [5.74, 6) is 1.05. The Labute approximate surface area is 101 Å². The van der Waals surface area contributed by atoms with E-state index in [0.717, 1.165) is 12.0 Å². The lowest BCUT2D eigenvalue weighted by atomic mass is 9.96. The average molecular weight is 224 g/mol. The zero-order valence-electron chi connectivity index (χ0n) is 10.9. The van der Waals surface area contributed by atoms with E-state index in [0.29, 0.717) is 0 Å². The number of nitrogens with zero attached hydrogens (tertiary/aromatic N) is 1. The van der Waals surface area contributed by atoms with Crippen molar-refractivity contribution in [2.24, 2.45) is 5.92 Å². The molecule has 2 heteroatoms. The Kier molecular flexibility index (Phi) is 5.11. The molecule has 2 nitrogen and oxygen atoms in total. The van der Waals surface area contributed by atoms with Crippen LogP contribution in [-0.2, 0) is 0 Å². The Balaban J connectivity index is 1.70. The van der Waals surface area contributed by atoms with Gasteiger partial charge < -0.3 is 10.2 Å². The lowest BCUT2D eigenvalue weighted by Gasteiger charge is -2.29. The van der Waals surface area contributed by atoms with Crippen molar-refractivity contribution in [3.05, 3.63) is 0 Å². The highest BCUT2D eigenvalue weighted by Crippen LogP contribution is 2.35. The predicted octanol–water partition coefficient (Wildman–Crippen LogP) is 2.64. The third kappa shape index (κ3) is 3.21. The molecule has 16 heavy (non-hydrogen) atoms. The van der Waals surface area contributed by atoms with Crippen LogP contribution < -0.4 is 5.32 Å². The zero-order chi connectivity index (χ0) is 11.2. The minimum atomic E-state index is 0.956. The van der Waals surface area contributed by atoms with Crippen LogP contribution in [0.15, 0.2) is 0 Å². The molecule has 2 aliphatic rings. The molecular weight excluding hydrogens is 196 g/mol. The summed E-state index contributed by atoms with van der Waals surface area (Å²) in [5.41, 5.74) is 0. The van der Waals surface area contributed by atoms with Crippen LogP contribution in [0.4, 0.5) is 0 Å². The van der Waals surface area contributed by atoms with Crippen LogP contribution >= 0.6 is 0 Å². The first-order valence-corrected chi connectivity index (χ1v) is 7.30. The van der Waals surface area contributed by atoms with Crippen molar-refractivity contribution < 1.29 is 0 Å². The van der Waals surface area contributed by atoms with E-state index in [1.54, 1.807) is 0 Å². The van der Waals surface area contributed by atoms with Crippen LogP contribution in [-0.4, -0.2) is 37.6 Å². The number of unbranched alkanes of at least 4 members (excludes halogenated alkanes) is 1. The lowest BCUT2D eigenvalue weighted by Crippen LogP contribution is -2.35. The van der Waals surface area contributed by atoms with E-state index in [9.17, 15) is 0 Å². The summed E-state index contributed by atoms with van der Waals surface area (Å²) in [6, 6.07) is 0.956. The van der Waals surface area contributed by atoms with Crippen LogP contribution in [0.3, 0.4) is 0 Å². The quantitative estimate of drug-likeness (QED) is 0.698. The Hall–Kier alpha value is -0.0800. The fourth-order valence-corrected chi connectivity index (χ4v) is 3.62. The summed E-state index contributed by atoms with van der Waals surface area (Å²) in [7, 11) is 2.05. The molecule has 1 saturated carbocycles. The van der Waals surface area contributed by atoms with Gasteiger partial charge in [-0.1, -0.05) is 12.8 Å². The summed E-state index contributed by atoms with van der Waals surface area (Å²) < 4.78 is 0. The second kappa shape index (κ2) is 6.61. The molecule has 1 heterocycles. The maximum Gasteiger partial charge on any atom is 0.0124 e. The predicted molar refractivity (Wildman–Crippen MR) is 69.7 cm³/mol. The highest BCUT2D eigenvalue weighted by atomic mass is 15.2. The van der Waals surface area contributed by atoms with Gasteiger partial charge in [-0.3, -0.25) is 0 Å². The summed E-state index contributed by atoms with van der Waals surface area (Å²) in [6.07, 6.45) is 11.7. The maximum atomic E-state index is 3.24. The Morgan fingerprint density at radius 3 is 2.62 bits per heavy atom. The second-order valence-corrected chi connectivity index (χ2v) is 5.60. The number of likely N-dealkylation sites (tertiary alicyclic amines) is 1. The summed E-state index contributed by atoms with van der Waals surface area (Å²) in [6.45, 7) is 3.91. The summed E-state index contributed by atoms with van der Waals surface area (Å²) in [5, 5.41) is 3.24. The molecule has 0 aromatic heterocycles. The van der Waals surface area contributed by atoms with Gasteiger partial charge in [-0.05, 0) is 71.1 Å². The number of nitrogens with one attached hydrogen (secondary N) is 1. The van der Waals surface area contributed by atoms with Crippen molar-refractivity contribution in [1.82, 2.24) is 10.2 Å². The molecule has 1 unspecified atom stereocenters. The Morgan fingerprint density at radius 2 is 1.88 bits per heavy atom. The molecule has 2 fully saturated rings. The smallest absolute Gasteiger partial charge is 0.0124 e. The molecule has 1 aliphatic heterocycles. The number of rotatable bonds is 6. The van der Waals surface area contributed by atoms with Gasteiger partial charge in [-0.25, -0.2) is 0 Å². The molecule has 0 spiro atoms. The average Bonchev–Trinajstić information content (AvgIpc) is 2.94. The normalized spacial score (nSPS) is 27.9. The maximum absolute atomic E-state index is 3.24. The largest absolute Gasteiger partial charge is 0.320 e. The van der Waals surface area contributed by atoms with Crippen molar-refractivity contribution in [3.63, 3.8) is 0 Å². The minimum Gasteiger partial charge on any atom is -0.320 e. The lowest BCUT2D eigenvalue weighted by molar-refractivity contribution is 0.187. The van der Waals surface area contributed by atoms with E-state index in [1.165, 1.54) is 71.0 Å². The third-order valence-electron chi connectivity index (χ3n) is 4.48. The van der Waals surface area contributed by atoms with Gasteiger partial charge in [0.15, 0.2) is 0 Å². The van der Waals surface area contributed by atoms with E-state index in [4.69, 9.17) is 0 Å². The van der Waals surface area contributed by atoms with Gasteiger partial charge >= 0.3 is 0 Å². The monoisotopic (exact) mass is 224 g/mol. The van der Waals surface area contributed by atoms with Crippen LogP contribution in [0.5, 0.6) is 0 Å². The van der Waals surface area contributed by atoms with Crippen molar-refractivity contribution in [3.8, 4) is 0 Å². The van der Waals surface area contributed by atoms with E-state index >= 15 is 0 Å². The van der Waals surface area contributed by atoms with E-state index < -0.39 is 0 Å². The van der Waals surface area contributed by atoms with Crippen molar-refractivity contribution >= 4 is 0 Å². The van der Waals surface area contributed by atoms with E-state index in [-0.39, 0.29) is 0 Å². The molecular formula is C14H28N2. The minimum absolute atomic E-state index is 0.956. The van der Waals surface area contributed by atoms with Crippen molar-refractivity contribution in [2.45, 2.75) is 57.4 Å². The van der Waals surface area contributed by atoms with Crippen LogP contribution in [0.1, 0.15) is 51.4 Å². The molecule has 94 valence electrons. The highest BCUT2D eigenvalue weighted by molar-refractivity contribution is 4.87. The Morgan fingerprint density at radius 1 is 1.06 bits per heavy atom. The van der Waals surface area contributed by atoms with Gasteiger partial charge in [-0.2, -0.15) is 0 Å². The van der Waals surface area contributed by atoms with Crippen LogP contribution in [0, 0.1) is 5.92 Å². The van der Waals surface area contributed by atoms with Gasteiger partial charge in [0.05, 0.1) is 0 Å². The van der Waals surface area contributed by atoms with Crippen LogP contribution in [0.2, 0.25) is 0 Å². The molecule has 0 amide bonds. The van der Waals surface area contributed by atoms with E-state index in [1.807, 2.05) is 0 Å². The zero-order valence-corrected chi connectivity index (χ0v) is 10.9. The van der Waals surface area contributed by atoms with Crippen molar-refractivity contribution in [2.75, 3.05) is 26.7 Å². The molecule has 1 N–H and O–H groups in total. The first kappa shape index (κ1) is 12.4. The number of hydrogen-bond donors (Lipinski definition) is 1. The molecule has 0 bridgehead atoms. The molecule has 2 rings (SSSR count). The van der Waals surface area contributed by atoms with E-state index in [2.05, 4.69) is 17.3 Å². The summed E-state index contributed by atoms with van der Waals surface area (Å²) in [4.78, 5) is 2.80. The fraction of sp³-hybridized carbons (Fsp3) is 1.00. The van der Waals surface area contributed by atoms with Gasteiger partial charge in [0.2, 0.25) is 0 Å². The van der Waals surface area contributed by atoms with Gasteiger partial charge in [-0.15, -0.1) is 0 Å². The summed E-state index contributed by atoms with van der Waals surface area (Å²) >= 11 is 0. The molecule has 1 saturated heterocycles. The highest BCUT2D eigenvalue weighted by Gasteiger charge is 2.32. The molecule has 1 aliphatic carbocycles. The van der Waals surface area contributed by atoms with Gasteiger partial charge in [0.1, 0.15) is 0 Å². The first-order chi connectivity index (χ1) is 7.92. The molecule has 0 aromatic carbocycles. The van der Waals surface area contributed by atoms with Crippen LogP contribution in [0.25, 0.3) is 0 Å². The number of hydrogen-bond acceptors (Lipinski definition) is 2. The van der Waals surface area contributed by atoms with Gasteiger partial charge in [0.25, 0.3) is 0 Å². The SMILES string of the molecule is CNCCCCN1CCCC1C1CCCC1. The Bertz CT molecular complexity index is 187. The fourth-order valence-electron chi connectivity index (χ4n) is 3.62. The topological polar surface area (TPSA) is 15.3 Å². The van der Waals surface area contributed by atoms with Crippen molar-refractivity contribution in [1.29, 1.82) is 0 Å². The van der Waals surface area contributed by atoms with Gasteiger partial charge in [0, 0.05) is 6.04 Å². The molecule has 0 aromatic rings. The third-order valence-corrected chi connectivity index (χ3v) is 4.48. The second-order valence-electron chi connectivity index (χ2n) is 5.60. The molecule has 1 atom stereocenters.